The Balaban J connectivity index is 2.25. The zero-order valence-corrected chi connectivity index (χ0v) is 11.1. The standard InChI is InChI=1S/C13H8BrClN2/c14-13-7-12(5-4-9(13)8-16)17-11-3-1-2-10(15)6-11/h1-7,17H. The van der Waals surface area contributed by atoms with Gasteiger partial charge < -0.3 is 5.32 Å². The van der Waals surface area contributed by atoms with Crippen molar-refractivity contribution in [2.75, 3.05) is 5.32 Å². The number of rotatable bonds is 2. The third-order valence-electron chi connectivity index (χ3n) is 2.20. The van der Waals surface area contributed by atoms with Gasteiger partial charge in [0.25, 0.3) is 0 Å². The van der Waals surface area contributed by atoms with Crippen LogP contribution >= 0.6 is 27.5 Å². The van der Waals surface area contributed by atoms with E-state index in [1.807, 2.05) is 36.4 Å². The lowest BCUT2D eigenvalue weighted by Crippen LogP contribution is -1.90. The predicted molar refractivity (Wildman–Crippen MR) is 73.6 cm³/mol. The Kier molecular flexibility index (Phi) is 3.68. The minimum atomic E-state index is 0.613. The first-order valence-electron chi connectivity index (χ1n) is 4.91. The molecule has 0 fully saturated rings. The summed E-state index contributed by atoms with van der Waals surface area (Å²) >= 11 is 9.24. The number of hydrogen-bond acceptors (Lipinski definition) is 2. The summed E-state index contributed by atoms with van der Waals surface area (Å²) in [6.07, 6.45) is 0. The fourth-order valence-corrected chi connectivity index (χ4v) is 2.07. The Morgan fingerprint density at radius 3 is 2.53 bits per heavy atom. The summed E-state index contributed by atoms with van der Waals surface area (Å²) in [5.74, 6) is 0. The second-order valence-corrected chi connectivity index (χ2v) is 4.73. The van der Waals surface area contributed by atoms with Crippen LogP contribution in [0.4, 0.5) is 11.4 Å². The number of halogens is 2. The normalized spacial score (nSPS) is 9.71. The summed E-state index contributed by atoms with van der Waals surface area (Å²) in [6, 6.07) is 15.0. The molecule has 2 aromatic rings. The van der Waals surface area contributed by atoms with E-state index >= 15 is 0 Å². The summed E-state index contributed by atoms with van der Waals surface area (Å²) in [5.41, 5.74) is 2.42. The molecule has 0 heterocycles. The van der Waals surface area contributed by atoms with Crippen molar-refractivity contribution in [3.05, 3.63) is 57.5 Å². The van der Waals surface area contributed by atoms with E-state index in [1.165, 1.54) is 0 Å². The number of anilines is 2. The lowest BCUT2D eigenvalue weighted by Gasteiger charge is -2.07. The maximum absolute atomic E-state index is 8.82. The molecule has 0 saturated heterocycles. The van der Waals surface area contributed by atoms with E-state index < -0.39 is 0 Å². The Morgan fingerprint density at radius 1 is 1.12 bits per heavy atom. The summed E-state index contributed by atoms with van der Waals surface area (Å²) in [5, 5.41) is 12.7. The molecule has 0 spiro atoms. The lowest BCUT2D eigenvalue weighted by atomic mass is 10.2. The molecule has 2 nitrogen and oxygen atoms in total. The molecular formula is C13H8BrClN2. The molecule has 1 N–H and O–H groups in total. The topological polar surface area (TPSA) is 35.8 Å². The molecule has 2 aromatic carbocycles. The van der Waals surface area contributed by atoms with Crippen molar-refractivity contribution in [3.63, 3.8) is 0 Å². The van der Waals surface area contributed by atoms with Crippen LogP contribution in [0, 0.1) is 11.3 Å². The van der Waals surface area contributed by atoms with Crippen LogP contribution in [0.1, 0.15) is 5.56 Å². The van der Waals surface area contributed by atoms with Crippen LogP contribution in [0.15, 0.2) is 46.9 Å². The summed E-state index contributed by atoms with van der Waals surface area (Å²) in [4.78, 5) is 0. The van der Waals surface area contributed by atoms with Gasteiger partial charge in [-0.1, -0.05) is 17.7 Å². The molecule has 0 aliphatic carbocycles. The third kappa shape index (κ3) is 3.00. The summed E-state index contributed by atoms with van der Waals surface area (Å²) in [6.45, 7) is 0. The highest BCUT2D eigenvalue weighted by Crippen LogP contribution is 2.24. The molecule has 2 rings (SSSR count). The van der Waals surface area contributed by atoms with E-state index in [2.05, 4.69) is 27.3 Å². The van der Waals surface area contributed by atoms with Gasteiger partial charge in [0.2, 0.25) is 0 Å². The Morgan fingerprint density at radius 2 is 1.88 bits per heavy atom. The Bertz CT molecular complexity index is 590. The molecule has 17 heavy (non-hydrogen) atoms. The van der Waals surface area contributed by atoms with Crippen molar-refractivity contribution in [1.82, 2.24) is 0 Å². The third-order valence-corrected chi connectivity index (χ3v) is 3.09. The second-order valence-electron chi connectivity index (χ2n) is 3.44. The largest absolute Gasteiger partial charge is 0.355 e. The highest BCUT2D eigenvalue weighted by molar-refractivity contribution is 9.10. The molecule has 0 saturated carbocycles. The average molecular weight is 308 g/mol. The number of benzene rings is 2. The van der Waals surface area contributed by atoms with Crippen LogP contribution in [0.25, 0.3) is 0 Å². The molecule has 0 aliphatic rings. The molecule has 0 unspecified atom stereocenters. The Hall–Kier alpha value is -1.50. The fraction of sp³-hybridized carbons (Fsp3) is 0. The van der Waals surface area contributed by atoms with Crippen LogP contribution in [0.2, 0.25) is 5.02 Å². The highest BCUT2D eigenvalue weighted by Gasteiger charge is 2.01. The minimum Gasteiger partial charge on any atom is -0.355 e. The average Bonchev–Trinajstić information content (AvgIpc) is 2.29. The van der Waals surface area contributed by atoms with Gasteiger partial charge in [0.15, 0.2) is 0 Å². The van der Waals surface area contributed by atoms with E-state index in [1.54, 1.807) is 6.07 Å². The zero-order valence-electron chi connectivity index (χ0n) is 8.74. The first-order valence-corrected chi connectivity index (χ1v) is 6.08. The lowest BCUT2D eigenvalue weighted by molar-refractivity contribution is 1.45. The maximum Gasteiger partial charge on any atom is 0.100 e. The minimum absolute atomic E-state index is 0.613. The van der Waals surface area contributed by atoms with Gasteiger partial charge >= 0.3 is 0 Å². The number of nitrogens with one attached hydrogen (secondary N) is 1. The van der Waals surface area contributed by atoms with Crippen molar-refractivity contribution < 1.29 is 0 Å². The molecule has 0 aliphatic heterocycles. The van der Waals surface area contributed by atoms with Crippen LogP contribution in [-0.4, -0.2) is 0 Å². The van der Waals surface area contributed by atoms with Crippen LogP contribution in [-0.2, 0) is 0 Å². The first kappa shape index (κ1) is 12.0. The molecule has 0 atom stereocenters. The van der Waals surface area contributed by atoms with Crippen molar-refractivity contribution in [2.45, 2.75) is 0 Å². The number of hydrogen-bond donors (Lipinski definition) is 1. The van der Waals surface area contributed by atoms with Gasteiger partial charge in [-0.15, -0.1) is 0 Å². The highest BCUT2D eigenvalue weighted by atomic mass is 79.9. The van der Waals surface area contributed by atoms with Crippen molar-refractivity contribution >= 4 is 38.9 Å². The summed E-state index contributed by atoms with van der Waals surface area (Å²) in [7, 11) is 0. The van der Waals surface area contributed by atoms with Crippen molar-refractivity contribution in [2.24, 2.45) is 0 Å². The number of nitrogens with zero attached hydrogens (tertiary/aromatic N) is 1. The first-order chi connectivity index (χ1) is 8.19. The fourth-order valence-electron chi connectivity index (χ4n) is 1.42. The van der Waals surface area contributed by atoms with Crippen molar-refractivity contribution in [3.8, 4) is 6.07 Å². The zero-order chi connectivity index (χ0) is 12.3. The SMILES string of the molecule is N#Cc1ccc(Nc2cccc(Cl)c2)cc1Br. The van der Waals surface area contributed by atoms with Gasteiger partial charge in [-0.2, -0.15) is 5.26 Å². The van der Waals surface area contributed by atoms with Gasteiger partial charge in [-0.25, -0.2) is 0 Å². The molecule has 0 radical (unpaired) electrons. The van der Waals surface area contributed by atoms with Gasteiger partial charge in [0, 0.05) is 20.9 Å². The van der Waals surface area contributed by atoms with Gasteiger partial charge in [0.1, 0.15) is 6.07 Å². The van der Waals surface area contributed by atoms with E-state index in [0.717, 1.165) is 15.8 Å². The van der Waals surface area contributed by atoms with Crippen LogP contribution in [0.3, 0.4) is 0 Å². The van der Waals surface area contributed by atoms with Gasteiger partial charge in [-0.3, -0.25) is 0 Å². The molecule has 0 bridgehead atoms. The van der Waals surface area contributed by atoms with E-state index in [9.17, 15) is 0 Å². The molecule has 0 aromatic heterocycles. The number of nitriles is 1. The van der Waals surface area contributed by atoms with Crippen LogP contribution < -0.4 is 5.32 Å². The van der Waals surface area contributed by atoms with E-state index in [0.29, 0.717) is 10.6 Å². The molecule has 0 amide bonds. The quantitative estimate of drug-likeness (QED) is 0.871. The molecule has 84 valence electrons. The van der Waals surface area contributed by atoms with Crippen molar-refractivity contribution in [1.29, 1.82) is 5.26 Å². The Labute approximate surface area is 113 Å². The van der Waals surface area contributed by atoms with Gasteiger partial charge in [0.05, 0.1) is 5.56 Å². The second kappa shape index (κ2) is 5.22. The monoisotopic (exact) mass is 306 g/mol. The maximum atomic E-state index is 8.82. The van der Waals surface area contributed by atoms with E-state index in [4.69, 9.17) is 16.9 Å². The van der Waals surface area contributed by atoms with E-state index in [-0.39, 0.29) is 0 Å². The van der Waals surface area contributed by atoms with Crippen LogP contribution in [0.5, 0.6) is 0 Å². The molecule has 4 heteroatoms. The molecular weight excluding hydrogens is 300 g/mol. The summed E-state index contributed by atoms with van der Waals surface area (Å²) < 4.78 is 0.770. The predicted octanol–water partition coefficient (Wildman–Crippen LogP) is 4.72. The smallest absolute Gasteiger partial charge is 0.100 e. The van der Waals surface area contributed by atoms with Gasteiger partial charge in [-0.05, 0) is 52.3 Å².